The number of carbonyl (C=O) groups excluding carboxylic acids is 1. The van der Waals surface area contributed by atoms with Crippen LogP contribution in [0.2, 0.25) is 0 Å². The SMILES string of the molecule is O=C(O)CCCC12CCCc3cccc(c31)NC2=O. The molecular weight excluding hydrogens is 242 g/mol. The molecule has 1 aliphatic carbocycles. The van der Waals surface area contributed by atoms with Gasteiger partial charge in [0, 0.05) is 12.1 Å². The van der Waals surface area contributed by atoms with Crippen molar-refractivity contribution in [1.29, 1.82) is 0 Å². The van der Waals surface area contributed by atoms with Gasteiger partial charge in [0.05, 0.1) is 5.41 Å². The van der Waals surface area contributed by atoms with Crippen molar-refractivity contribution >= 4 is 17.6 Å². The fraction of sp³-hybridized carbons (Fsp3) is 0.467. The highest BCUT2D eigenvalue weighted by Gasteiger charge is 2.48. The summed E-state index contributed by atoms with van der Waals surface area (Å²) in [7, 11) is 0. The van der Waals surface area contributed by atoms with Crippen LogP contribution >= 0.6 is 0 Å². The number of carbonyl (C=O) groups is 2. The molecule has 0 aromatic heterocycles. The smallest absolute Gasteiger partial charge is 0.303 e. The Hall–Kier alpha value is -1.84. The highest BCUT2D eigenvalue weighted by atomic mass is 16.4. The predicted molar refractivity (Wildman–Crippen MR) is 71.2 cm³/mol. The summed E-state index contributed by atoms with van der Waals surface area (Å²) in [4.78, 5) is 23.1. The van der Waals surface area contributed by atoms with E-state index in [1.165, 1.54) is 5.56 Å². The van der Waals surface area contributed by atoms with Gasteiger partial charge in [0.25, 0.3) is 0 Å². The summed E-state index contributed by atoms with van der Waals surface area (Å²) in [5.74, 6) is -0.737. The first-order valence-corrected chi connectivity index (χ1v) is 6.79. The minimum atomic E-state index is -0.792. The Morgan fingerprint density at radius 1 is 1.42 bits per heavy atom. The van der Waals surface area contributed by atoms with Gasteiger partial charge >= 0.3 is 5.97 Å². The van der Waals surface area contributed by atoms with E-state index in [1.54, 1.807) is 0 Å². The minimum Gasteiger partial charge on any atom is -0.481 e. The van der Waals surface area contributed by atoms with Crippen molar-refractivity contribution in [3.05, 3.63) is 29.3 Å². The number of hydrogen-bond donors (Lipinski definition) is 2. The second-order valence-corrected chi connectivity index (χ2v) is 5.48. The molecule has 1 amide bonds. The average Bonchev–Trinajstić information content (AvgIpc) is 2.65. The molecule has 2 aliphatic rings. The second kappa shape index (κ2) is 4.37. The first-order chi connectivity index (χ1) is 9.13. The van der Waals surface area contributed by atoms with Crippen molar-refractivity contribution < 1.29 is 14.7 Å². The number of amides is 1. The fourth-order valence-corrected chi connectivity index (χ4v) is 3.56. The molecule has 1 unspecified atom stereocenters. The Bertz CT molecular complexity index is 552. The largest absolute Gasteiger partial charge is 0.481 e. The van der Waals surface area contributed by atoms with Gasteiger partial charge in [-0.25, -0.2) is 0 Å². The van der Waals surface area contributed by atoms with Gasteiger partial charge < -0.3 is 10.4 Å². The highest BCUT2D eigenvalue weighted by molar-refractivity contribution is 6.07. The van der Waals surface area contributed by atoms with E-state index in [2.05, 4.69) is 11.4 Å². The fourth-order valence-electron chi connectivity index (χ4n) is 3.56. The second-order valence-electron chi connectivity index (χ2n) is 5.48. The topological polar surface area (TPSA) is 66.4 Å². The molecule has 0 bridgehead atoms. The van der Waals surface area contributed by atoms with Gasteiger partial charge in [-0.2, -0.15) is 0 Å². The number of aryl methyl sites for hydroxylation is 1. The predicted octanol–water partition coefficient (Wildman–Crippen LogP) is 2.47. The number of carboxylic acids is 1. The standard InChI is InChI=1S/C15H17NO3/c17-12(18)7-3-9-15-8-2-5-10-4-1-6-11(13(10)15)16-14(15)19/h1,4,6H,2-3,5,7-9H2,(H,16,19)(H,17,18). The van der Waals surface area contributed by atoms with Gasteiger partial charge in [0.2, 0.25) is 5.91 Å². The lowest BCUT2D eigenvalue weighted by Crippen LogP contribution is -2.37. The summed E-state index contributed by atoms with van der Waals surface area (Å²) in [6.45, 7) is 0. The molecule has 1 aromatic rings. The van der Waals surface area contributed by atoms with Crippen LogP contribution in [0.25, 0.3) is 0 Å². The Morgan fingerprint density at radius 3 is 3.05 bits per heavy atom. The zero-order valence-electron chi connectivity index (χ0n) is 10.7. The molecule has 3 rings (SSSR count). The van der Waals surface area contributed by atoms with E-state index >= 15 is 0 Å². The molecule has 0 saturated heterocycles. The van der Waals surface area contributed by atoms with E-state index < -0.39 is 11.4 Å². The van der Waals surface area contributed by atoms with E-state index in [9.17, 15) is 9.59 Å². The number of benzene rings is 1. The van der Waals surface area contributed by atoms with Crippen LogP contribution in [0.5, 0.6) is 0 Å². The number of nitrogens with one attached hydrogen (secondary N) is 1. The van der Waals surface area contributed by atoms with Gasteiger partial charge in [0.15, 0.2) is 0 Å². The monoisotopic (exact) mass is 259 g/mol. The van der Waals surface area contributed by atoms with Crippen LogP contribution in [0.3, 0.4) is 0 Å². The van der Waals surface area contributed by atoms with Crippen LogP contribution in [0.4, 0.5) is 5.69 Å². The van der Waals surface area contributed by atoms with Crippen molar-refractivity contribution in [1.82, 2.24) is 0 Å². The van der Waals surface area contributed by atoms with Crippen LogP contribution in [0, 0.1) is 0 Å². The molecular formula is C15H17NO3. The summed E-state index contributed by atoms with van der Waals surface area (Å²) in [6, 6.07) is 6.01. The lowest BCUT2D eigenvalue weighted by molar-refractivity contribution is -0.137. The normalized spacial score (nSPS) is 23.9. The lowest BCUT2D eigenvalue weighted by Gasteiger charge is -2.33. The third-order valence-electron chi connectivity index (χ3n) is 4.36. The maximum absolute atomic E-state index is 12.4. The van der Waals surface area contributed by atoms with Crippen LogP contribution in [-0.4, -0.2) is 17.0 Å². The number of rotatable bonds is 4. The first-order valence-electron chi connectivity index (χ1n) is 6.79. The zero-order valence-corrected chi connectivity index (χ0v) is 10.7. The van der Waals surface area contributed by atoms with Gasteiger partial charge in [0.1, 0.15) is 0 Å². The Balaban J connectivity index is 1.95. The summed E-state index contributed by atoms with van der Waals surface area (Å²) in [5.41, 5.74) is 2.84. The number of hydrogen-bond acceptors (Lipinski definition) is 2. The third kappa shape index (κ3) is 1.82. The molecule has 19 heavy (non-hydrogen) atoms. The highest BCUT2D eigenvalue weighted by Crippen LogP contribution is 2.49. The van der Waals surface area contributed by atoms with Crippen molar-refractivity contribution in [3.8, 4) is 0 Å². The maximum Gasteiger partial charge on any atom is 0.303 e. The van der Waals surface area contributed by atoms with Crippen molar-refractivity contribution in [3.63, 3.8) is 0 Å². The van der Waals surface area contributed by atoms with Crippen molar-refractivity contribution in [2.45, 2.75) is 43.9 Å². The van der Waals surface area contributed by atoms with Crippen LogP contribution in [-0.2, 0) is 21.4 Å². The summed E-state index contributed by atoms with van der Waals surface area (Å²) in [6.07, 6.45) is 4.16. The maximum atomic E-state index is 12.4. The van der Waals surface area contributed by atoms with E-state index in [-0.39, 0.29) is 12.3 Å². The molecule has 2 N–H and O–H groups in total. The summed E-state index contributed by atoms with van der Waals surface area (Å²) >= 11 is 0. The molecule has 100 valence electrons. The number of anilines is 1. The molecule has 0 saturated carbocycles. The van der Waals surface area contributed by atoms with Crippen LogP contribution in [0.1, 0.15) is 43.2 Å². The summed E-state index contributed by atoms with van der Waals surface area (Å²) < 4.78 is 0. The molecule has 1 atom stereocenters. The van der Waals surface area contributed by atoms with Gasteiger partial charge in [-0.15, -0.1) is 0 Å². The average molecular weight is 259 g/mol. The molecule has 4 heteroatoms. The Morgan fingerprint density at radius 2 is 2.26 bits per heavy atom. The van der Waals surface area contributed by atoms with Gasteiger partial charge in [-0.1, -0.05) is 12.1 Å². The Kier molecular flexibility index (Phi) is 2.81. The van der Waals surface area contributed by atoms with E-state index in [0.717, 1.165) is 30.5 Å². The van der Waals surface area contributed by atoms with Gasteiger partial charge in [-0.3, -0.25) is 9.59 Å². The number of aliphatic carboxylic acids is 1. The summed E-state index contributed by atoms with van der Waals surface area (Å²) in [5, 5.41) is 11.7. The van der Waals surface area contributed by atoms with E-state index in [0.29, 0.717) is 12.8 Å². The zero-order chi connectivity index (χ0) is 13.5. The minimum absolute atomic E-state index is 0.0556. The molecule has 1 heterocycles. The molecule has 0 fully saturated rings. The quantitative estimate of drug-likeness (QED) is 0.873. The Labute approximate surface area is 111 Å². The van der Waals surface area contributed by atoms with Gasteiger partial charge in [-0.05, 0) is 49.3 Å². The molecule has 1 aliphatic heterocycles. The third-order valence-corrected chi connectivity index (χ3v) is 4.36. The molecule has 1 aromatic carbocycles. The first kappa shape index (κ1) is 12.2. The lowest BCUT2D eigenvalue weighted by atomic mass is 9.68. The van der Waals surface area contributed by atoms with E-state index in [1.807, 2.05) is 12.1 Å². The van der Waals surface area contributed by atoms with Crippen LogP contribution in [0.15, 0.2) is 18.2 Å². The molecule has 0 radical (unpaired) electrons. The molecule has 0 spiro atoms. The van der Waals surface area contributed by atoms with Crippen molar-refractivity contribution in [2.75, 3.05) is 5.32 Å². The number of carboxylic acid groups (broad SMARTS) is 1. The van der Waals surface area contributed by atoms with Crippen molar-refractivity contribution in [2.24, 2.45) is 0 Å². The van der Waals surface area contributed by atoms with E-state index in [4.69, 9.17) is 5.11 Å². The molecule has 4 nitrogen and oxygen atoms in total. The van der Waals surface area contributed by atoms with Crippen LogP contribution < -0.4 is 5.32 Å².